The Bertz CT molecular complexity index is 490. The predicted octanol–water partition coefficient (Wildman–Crippen LogP) is 7.08. The van der Waals surface area contributed by atoms with Gasteiger partial charge in [0.05, 0.1) is 0 Å². The SMILES string of the molecule is CC1=[C-]C(C)(C)C(C)=C1C.CC1=[C-]C(C)(C)C(C)=C1C.CCl.[Ti+2]. The summed E-state index contributed by atoms with van der Waals surface area (Å²) < 4.78 is 0. The molecule has 0 saturated heterocycles. The van der Waals surface area contributed by atoms with E-state index < -0.39 is 0 Å². The molecule has 2 heteroatoms. The molecule has 0 N–H and O–H groups in total. The zero-order valence-corrected chi connectivity index (χ0v) is 19.2. The molecule has 0 saturated carbocycles. The molecule has 0 aromatic rings. The molecule has 0 bridgehead atoms. The average Bonchev–Trinajstić information content (AvgIpc) is 2.72. The van der Waals surface area contributed by atoms with Crippen molar-refractivity contribution in [2.75, 3.05) is 6.38 Å². The minimum atomic E-state index is 0. The number of alkyl halides is 1. The summed E-state index contributed by atoms with van der Waals surface area (Å²) in [7, 11) is 0. The van der Waals surface area contributed by atoms with Crippen molar-refractivity contribution >= 4 is 11.6 Å². The quantitative estimate of drug-likeness (QED) is 0.243. The van der Waals surface area contributed by atoms with E-state index in [2.05, 4.69) is 93.0 Å². The molecule has 128 valence electrons. The molecule has 0 radical (unpaired) electrons. The van der Waals surface area contributed by atoms with Crippen LogP contribution in [0, 0.1) is 23.0 Å². The van der Waals surface area contributed by atoms with E-state index in [1.54, 1.807) is 0 Å². The molecule has 0 nitrogen and oxygen atoms in total. The van der Waals surface area contributed by atoms with Gasteiger partial charge in [-0.05, 0) is 0 Å². The second-order valence-electron chi connectivity index (χ2n) is 7.25. The van der Waals surface area contributed by atoms with Gasteiger partial charge in [-0.2, -0.15) is 22.3 Å². The Kier molecular flexibility index (Phi) is 10.4. The van der Waals surface area contributed by atoms with Gasteiger partial charge in [0.1, 0.15) is 0 Å². The van der Waals surface area contributed by atoms with E-state index >= 15 is 0 Å². The van der Waals surface area contributed by atoms with Crippen LogP contribution < -0.4 is 0 Å². The summed E-state index contributed by atoms with van der Waals surface area (Å²) in [4.78, 5) is 0. The summed E-state index contributed by atoms with van der Waals surface area (Å²) in [6.07, 6.45) is 8.34. The minimum Gasteiger partial charge on any atom is -0.263 e. The van der Waals surface area contributed by atoms with Crippen LogP contribution in [-0.2, 0) is 21.7 Å². The van der Waals surface area contributed by atoms with E-state index in [0.29, 0.717) is 0 Å². The van der Waals surface area contributed by atoms with Crippen molar-refractivity contribution in [3.63, 3.8) is 0 Å². The Morgan fingerprint density at radius 1 is 0.609 bits per heavy atom. The van der Waals surface area contributed by atoms with Crippen molar-refractivity contribution in [3.8, 4) is 0 Å². The van der Waals surface area contributed by atoms with E-state index in [4.69, 9.17) is 0 Å². The van der Waals surface area contributed by atoms with Crippen LogP contribution in [0.25, 0.3) is 0 Å². The van der Waals surface area contributed by atoms with Gasteiger partial charge < -0.3 is 0 Å². The number of rotatable bonds is 0. The second kappa shape index (κ2) is 9.45. The molecule has 0 unspecified atom stereocenters. The van der Waals surface area contributed by atoms with E-state index in [1.165, 1.54) is 39.8 Å². The second-order valence-corrected chi connectivity index (χ2v) is 7.25. The van der Waals surface area contributed by atoms with Gasteiger partial charge in [0.2, 0.25) is 0 Å². The first-order valence-electron chi connectivity index (χ1n) is 7.88. The molecule has 2 rings (SSSR count). The number of allylic oxidation sites excluding steroid dienone is 8. The van der Waals surface area contributed by atoms with Crippen LogP contribution in [0.4, 0.5) is 0 Å². The molecule has 23 heavy (non-hydrogen) atoms. The Balaban J connectivity index is 0. The standard InChI is InChI=1S/2C10H15.CH3Cl.Ti/c2*1-7-6-10(4,5)9(3)8(7)2;1-2;/h2*1-5H3;1H3;/q2*-1;;+2. The normalized spacial score (nSPS) is 20.7. The summed E-state index contributed by atoms with van der Waals surface area (Å²) in [5.41, 5.74) is 8.79. The largest absolute Gasteiger partial charge is 2.00 e. The molecular weight excluding hydrogens is 336 g/mol. The Labute approximate surface area is 165 Å². The monoisotopic (exact) mass is 368 g/mol. The van der Waals surface area contributed by atoms with Crippen molar-refractivity contribution in [3.05, 3.63) is 45.6 Å². The van der Waals surface area contributed by atoms with E-state index in [0.717, 1.165) is 0 Å². The summed E-state index contributed by atoms with van der Waals surface area (Å²) in [5.74, 6) is 0. The van der Waals surface area contributed by atoms with Crippen LogP contribution in [0.5, 0.6) is 0 Å². The zero-order valence-electron chi connectivity index (χ0n) is 16.9. The van der Waals surface area contributed by atoms with Gasteiger partial charge in [-0.3, -0.25) is 12.2 Å². The molecule has 0 aromatic heterocycles. The van der Waals surface area contributed by atoms with Gasteiger partial charge in [-0.25, -0.2) is 11.1 Å². The molecular formula is C21H33ClTi. The Morgan fingerprint density at radius 3 is 0.870 bits per heavy atom. The van der Waals surface area contributed by atoms with E-state index in [1.807, 2.05) is 0 Å². The molecule has 0 aliphatic heterocycles. The van der Waals surface area contributed by atoms with E-state index in [9.17, 15) is 0 Å². The smallest absolute Gasteiger partial charge is 0.263 e. The van der Waals surface area contributed by atoms with Crippen LogP contribution >= 0.6 is 11.6 Å². The first-order valence-corrected chi connectivity index (χ1v) is 8.63. The van der Waals surface area contributed by atoms with Gasteiger partial charge in [0.25, 0.3) is 0 Å². The molecule has 0 amide bonds. The molecule has 2 aliphatic carbocycles. The topological polar surface area (TPSA) is 0 Å². The maximum atomic E-state index is 4.64. The third kappa shape index (κ3) is 6.07. The van der Waals surface area contributed by atoms with Gasteiger partial charge in [-0.15, -0.1) is 25.4 Å². The third-order valence-electron chi connectivity index (χ3n) is 5.12. The van der Waals surface area contributed by atoms with Gasteiger partial charge in [0.15, 0.2) is 0 Å². The zero-order chi connectivity index (χ0) is 17.9. The van der Waals surface area contributed by atoms with Crippen molar-refractivity contribution in [2.24, 2.45) is 10.8 Å². The van der Waals surface area contributed by atoms with Gasteiger partial charge in [-0.1, -0.05) is 66.2 Å². The summed E-state index contributed by atoms with van der Waals surface area (Å²) in [6, 6.07) is 0. The minimum absolute atomic E-state index is 0. The first kappa shape index (κ1) is 25.2. The van der Waals surface area contributed by atoms with Crippen LogP contribution in [0.3, 0.4) is 0 Å². The van der Waals surface area contributed by atoms with Gasteiger partial charge >= 0.3 is 21.7 Å². The Hall–Kier alpha value is -0.0357. The number of hydrogen-bond donors (Lipinski definition) is 0. The fourth-order valence-corrected chi connectivity index (χ4v) is 2.81. The number of hydrogen-bond acceptors (Lipinski definition) is 0. The fraction of sp³-hybridized carbons (Fsp3) is 0.619. The maximum Gasteiger partial charge on any atom is 2.00 e. The van der Waals surface area contributed by atoms with Crippen molar-refractivity contribution in [1.82, 2.24) is 0 Å². The summed E-state index contributed by atoms with van der Waals surface area (Å²) in [6.45, 7) is 21.8. The van der Waals surface area contributed by atoms with E-state index in [-0.39, 0.29) is 32.5 Å². The maximum absolute atomic E-state index is 4.64. The summed E-state index contributed by atoms with van der Waals surface area (Å²) >= 11 is 4.64. The van der Waals surface area contributed by atoms with Crippen LogP contribution in [0.15, 0.2) is 33.4 Å². The third-order valence-corrected chi connectivity index (χ3v) is 5.12. The van der Waals surface area contributed by atoms with Crippen LogP contribution in [-0.4, -0.2) is 6.38 Å². The van der Waals surface area contributed by atoms with Crippen molar-refractivity contribution in [1.29, 1.82) is 0 Å². The summed E-state index contributed by atoms with van der Waals surface area (Å²) in [5, 5.41) is 0. The molecule has 0 heterocycles. The molecule has 0 aromatic carbocycles. The van der Waals surface area contributed by atoms with Crippen molar-refractivity contribution in [2.45, 2.75) is 69.2 Å². The molecule has 0 atom stereocenters. The average molecular weight is 369 g/mol. The molecule has 0 fully saturated rings. The van der Waals surface area contributed by atoms with Crippen LogP contribution in [0.2, 0.25) is 0 Å². The predicted molar refractivity (Wildman–Crippen MR) is 101 cm³/mol. The number of halogens is 1. The van der Waals surface area contributed by atoms with Crippen LogP contribution in [0.1, 0.15) is 69.2 Å². The molecule has 2 aliphatic rings. The first-order chi connectivity index (χ1) is 9.90. The molecule has 0 spiro atoms. The van der Waals surface area contributed by atoms with Gasteiger partial charge in [0, 0.05) is 6.38 Å². The fourth-order valence-electron chi connectivity index (χ4n) is 2.81. The van der Waals surface area contributed by atoms with Crippen molar-refractivity contribution < 1.29 is 21.7 Å². The Morgan fingerprint density at radius 2 is 0.826 bits per heavy atom.